The minimum Gasteiger partial charge on any atom is -0.482 e. The third-order valence-corrected chi connectivity index (χ3v) is 19.2. The summed E-state index contributed by atoms with van der Waals surface area (Å²) in [5, 5.41) is 28.4. The van der Waals surface area contributed by atoms with E-state index in [0.29, 0.717) is 18.4 Å². The quantitative estimate of drug-likeness (QED) is 0.0262. The summed E-state index contributed by atoms with van der Waals surface area (Å²) in [5.74, 6) is -7.52. The molecule has 12 rings (SSSR count). The fourth-order valence-electron chi connectivity index (χ4n) is 14.4. The topological polar surface area (TPSA) is 259 Å². The molecule has 4 bridgehead atoms. The molecule has 94 heavy (non-hydrogen) atoms. The van der Waals surface area contributed by atoms with Crippen LogP contribution in [-0.2, 0) is 67.2 Å². The van der Waals surface area contributed by atoms with E-state index in [1.54, 1.807) is 39.8 Å². The van der Waals surface area contributed by atoms with Crippen molar-refractivity contribution >= 4 is 41.5 Å². The number of benzene rings is 4. The number of rotatable bonds is 21. The number of amides is 1. The van der Waals surface area contributed by atoms with Gasteiger partial charge in [-0.05, 0) is 156 Å². The number of esters is 3. The van der Waals surface area contributed by atoms with Crippen molar-refractivity contribution in [2.75, 3.05) is 6.61 Å². The summed E-state index contributed by atoms with van der Waals surface area (Å²) in [4.78, 5) is 89.9. The van der Waals surface area contributed by atoms with Crippen molar-refractivity contribution in [1.29, 1.82) is 0 Å². The van der Waals surface area contributed by atoms with E-state index in [4.69, 9.17) is 47.4 Å². The van der Waals surface area contributed by atoms with Gasteiger partial charge in [0, 0.05) is 35.4 Å². The highest BCUT2D eigenvalue weighted by Gasteiger charge is 2.85. The summed E-state index contributed by atoms with van der Waals surface area (Å²) < 4.78 is 64.1. The van der Waals surface area contributed by atoms with Crippen molar-refractivity contribution in [3.05, 3.63) is 159 Å². The van der Waals surface area contributed by atoms with E-state index in [-0.39, 0.29) is 84.3 Å². The van der Waals surface area contributed by atoms with Gasteiger partial charge in [0.2, 0.25) is 12.2 Å². The van der Waals surface area contributed by atoms with Gasteiger partial charge in [-0.1, -0.05) is 90.0 Å². The predicted molar refractivity (Wildman–Crippen MR) is 344 cm³/mol. The zero-order valence-electron chi connectivity index (χ0n) is 55.4. The standard InChI is InChI=1S/C74H86N2O18/c1-40(2)20-19-33-72(12)34-32-50-60(92-72)49(30-25-41(3)4)62-54(61(50)90-68(84)47-26-28-48(29-27-47)88-69-59(79)58(78)63-52(89-69)39-87-71(10,11)91-63)57(77)55-56(75-43(6)66(82)85-37-45-21-15-13-16-22-45)51-36-53-70(8,9)94-73(64(51)80,74(53,55)93-62)35-31-42(5)65(81)76-44(7)67(83)86-38-46-23-17-14-18-24-46/h13-18,20-29,31-32,34,43-44,51-53,55-56,58-59,63,69,75,78-79H,19,30,33,35-39H2,1-12H3,(H,76,81)/b42-31-/t43?,44?,51?,52-,53?,55?,56?,58+,59-,63-,69-,72?,73?,74?/m1/s1. The maximum absolute atomic E-state index is 17.0. The van der Waals surface area contributed by atoms with Crippen LogP contribution in [0.2, 0.25) is 0 Å². The van der Waals surface area contributed by atoms with Gasteiger partial charge in [0.1, 0.15) is 78.1 Å². The number of fused-ring (bicyclic) bond motifs is 3. The van der Waals surface area contributed by atoms with Crippen molar-refractivity contribution in [3.8, 4) is 23.0 Å². The van der Waals surface area contributed by atoms with E-state index in [0.717, 1.165) is 22.3 Å². The van der Waals surface area contributed by atoms with E-state index >= 15 is 14.4 Å². The number of allylic oxidation sites excluding steroid dienone is 4. The van der Waals surface area contributed by atoms with Crippen molar-refractivity contribution in [2.45, 2.75) is 205 Å². The second kappa shape index (κ2) is 26.4. The number of ketones is 2. The third-order valence-electron chi connectivity index (χ3n) is 19.2. The van der Waals surface area contributed by atoms with Crippen LogP contribution in [0.4, 0.5) is 0 Å². The van der Waals surface area contributed by atoms with Crippen LogP contribution >= 0.6 is 0 Å². The summed E-state index contributed by atoms with van der Waals surface area (Å²) >= 11 is 0. The number of hydrogen-bond acceptors (Lipinski definition) is 19. The lowest BCUT2D eigenvalue weighted by Gasteiger charge is -2.63. The van der Waals surface area contributed by atoms with Gasteiger partial charge < -0.3 is 68.2 Å². The first-order valence-corrected chi connectivity index (χ1v) is 32.4. The molecule has 3 saturated heterocycles. The number of carbonyl (C=O) groups is 6. The largest absolute Gasteiger partial charge is 0.482 e. The van der Waals surface area contributed by atoms with Gasteiger partial charge in [-0.3, -0.25) is 19.2 Å². The predicted octanol–water partition coefficient (Wildman–Crippen LogP) is 9.67. The molecular formula is C74H86N2O18. The molecule has 5 aliphatic heterocycles. The Morgan fingerprint density at radius 1 is 0.766 bits per heavy atom. The van der Waals surface area contributed by atoms with Crippen LogP contribution in [0.1, 0.15) is 152 Å². The highest BCUT2D eigenvalue weighted by Crippen LogP contribution is 2.71. The second-order valence-electron chi connectivity index (χ2n) is 27.6. The van der Waals surface area contributed by atoms with Crippen LogP contribution in [0.3, 0.4) is 0 Å². The molecule has 3 aliphatic carbocycles. The van der Waals surface area contributed by atoms with Gasteiger partial charge in [0.05, 0.1) is 29.3 Å². The highest BCUT2D eigenvalue weighted by atomic mass is 16.8. The van der Waals surface area contributed by atoms with Gasteiger partial charge in [0.25, 0.3) is 0 Å². The smallest absolute Gasteiger partial charge is 0.343 e. The van der Waals surface area contributed by atoms with Gasteiger partial charge in [-0.25, -0.2) is 9.59 Å². The molecule has 0 radical (unpaired) electrons. The average molecular weight is 1290 g/mol. The Labute approximate surface area is 548 Å². The number of nitrogens with one attached hydrogen (secondary N) is 2. The Bertz CT molecular complexity index is 3720. The Balaban J connectivity index is 1.01. The number of carbonyl (C=O) groups excluding carboxylic acids is 6. The zero-order valence-corrected chi connectivity index (χ0v) is 55.4. The SMILES string of the molecule is CC(C)=CCCC1(C)C=Cc2c(c(CC=C(C)C)c3c(c2OC(=O)c2ccc(O[C@@H]4O[C@@H]5COC(C)(C)O[C@H]5[C@@H](O)[C@H]4O)cc2)C(=O)C2C(NC(C)C(=O)OCc4ccccc4)C4CC5C(C)(C)OC(C/C=C(/C)C(=O)NC(C)C(=O)OCc6ccccc6)(C4=O)C25O3)O1. The van der Waals surface area contributed by atoms with Crippen LogP contribution in [0.25, 0.3) is 6.08 Å². The van der Waals surface area contributed by atoms with E-state index < -0.39 is 130 Å². The van der Waals surface area contributed by atoms with E-state index in [9.17, 15) is 24.6 Å². The number of aliphatic hydroxyl groups excluding tert-OH is 2. The Morgan fingerprint density at radius 2 is 1.40 bits per heavy atom. The first-order valence-electron chi connectivity index (χ1n) is 32.4. The molecular weight excluding hydrogens is 1200 g/mol. The molecule has 4 aromatic carbocycles. The van der Waals surface area contributed by atoms with Crippen LogP contribution in [-0.4, -0.2) is 129 Å². The first-order chi connectivity index (χ1) is 44.6. The van der Waals surface area contributed by atoms with Crippen LogP contribution < -0.4 is 29.6 Å². The monoisotopic (exact) mass is 1290 g/mol. The fourth-order valence-corrected chi connectivity index (χ4v) is 14.4. The van der Waals surface area contributed by atoms with Gasteiger partial charge in [0.15, 0.2) is 34.3 Å². The summed E-state index contributed by atoms with van der Waals surface area (Å²) in [6, 6.07) is 20.9. The molecule has 4 N–H and O–H groups in total. The summed E-state index contributed by atoms with van der Waals surface area (Å²) in [6.45, 7) is 21.7. The van der Waals surface area contributed by atoms with Crippen molar-refractivity contribution < 1.29 is 86.3 Å². The second-order valence-corrected chi connectivity index (χ2v) is 27.6. The lowest BCUT2D eigenvalue weighted by atomic mass is 9.45. The average Bonchev–Trinajstić information content (AvgIpc) is 1.45. The molecule has 4 aromatic rings. The maximum Gasteiger partial charge on any atom is 0.343 e. The molecule has 14 atom stereocenters. The van der Waals surface area contributed by atoms with Crippen molar-refractivity contribution in [3.63, 3.8) is 0 Å². The van der Waals surface area contributed by atoms with E-state index in [1.165, 1.54) is 31.2 Å². The molecule has 6 fully saturated rings. The molecule has 8 aliphatic rings. The minimum absolute atomic E-state index is 0.000258. The molecule has 9 unspecified atom stereocenters. The molecule has 1 amide bonds. The van der Waals surface area contributed by atoms with Gasteiger partial charge in [-0.15, -0.1) is 0 Å². The Morgan fingerprint density at radius 3 is 2.04 bits per heavy atom. The van der Waals surface area contributed by atoms with Crippen molar-refractivity contribution in [1.82, 2.24) is 10.6 Å². The third kappa shape index (κ3) is 12.9. The Kier molecular flexibility index (Phi) is 19.0. The number of hydrogen-bond donors (Lipinski definition) is 4. The molecule has 0 aromatic heterocycles. The van der Waals surface area contributed by atoms with Crippen LogP contribution in [0, 0.1) is 17.8 Å². The zero-order chi connectivity index (χ0) is 67.4. The summed E-state index contributed by atoms with van der Waals surface area (Å²) in [5.41, 5.74) is -1.60. The van der Waals surface area contributed by atoms with Crippen LogP contribution in [0.5, 0.6) is 23.0 Å². The highest BCUT2D eigenvalue weighted by molar-refractivity contribution is 6.11. The normalized spacial score (nSPS) is 29.5. The first kappa shape index (κ1) is 67.6. The molecule has 1 spiro atoms. The Hall–Kier alpha value is -7.82. The van der Waals surface area contributed by atoms with E-state index in [2.05, 4.69) is 16.7 Å². The molecule has 3 saturated carbocycles. The summed E-state index contributed by atoms with van der Waals surface area (Å²) in [6.07, 6.45) is 4.72. The molecule has 500 valence electrons. The number of ether oxygens (including phenoxy) is 10. The minimum atomic E-state index is -1.98. The molecule has 5 heterocycles. The van der Waals surface area contributed by atoms with Crippen molar-refractivity contribution in [2.24, 2.45) is 17.8 Å². The van der Waals surface area contributed by atoms with Gasteiger partial charge >= 0.3 is 17.9 Å². The molecule has 20 heteroatoms. The lowest BCUT2D eigenvalue weighted by Crippen LogP contribution is -2.82. The lowest BCUT2D eigenvalue weighted by molar-refractivity contribution is -0.373. The fraction of sp³-hybridized carbons (Fsp3) is 0.486. The molecule has 20 nitrogen and oxygen atoms in total. The van der Waals surface area contributed by atoms with Gasteiger partial charge in [-0.2, -0.15) is 0 Å². The number of Topliss-reactive ketones (excluding diaryl/α,β-unsaturated/α-hetero) is 2. The van der Waals surface area contributed by atoms with Crippen LogP contribution in [0.15, 0.2) is 126 Å². The summed E-state index contributed by atoms with van der Waals surface area (Å²) in [7, 11) is 0. The maximum atomic E-state index is 17.0. The van der Waals surface area contributed by atoms with E-state index in [1.807, 2.05) is 121 Å². The number of aliphatic hydroxyl groups is 2.